The van der Waals surface area contributed by atoms with Crippen LogP contribution in [0.4, 0.5) is 0 Å². The summed E-state index contributed by atoms with van der Waals surface area (Å²) in [6.45, 7) is 8.77. The number of hydrogen-bond acceptors (Lipinski definition) is 3. The molecule has 0 amide bonds. The van der Waals surface area contributed by atoms with E-state index in [1.807, 2.05) is 24.3 Å². The lowest BCUT2D eigenvalue weighted by atomic mass is 9.97. The Bertz CT molecular complexity index is 605. The summed E-state index contributed by atoms with van der Waals surface area (Å²) in [6.07, 6.45) is 0. The average Bonchev–Trinajstić information content (AvgIpc) is 2.53. The minimum absolute atomic E-state index is 0.0651. The van der Waals surface area contributed by atoms with Crippen LogP contribution in [-0.2, 0) is 13.2 Å². The lowest BCUT2D eigenvalue weighted by Crippen LogP contribution is -2.01. The first-order valence-electron chi connectivity index (χ1n) is 8.12. The fourth-order valence-electron chi connectivity index (χ4n) is 3.06. The second-order valence-electron chi connectivity index (χ2n) is 6.39. The van der Waals surface area contributed by atoms with E-state index in [-0.39, 0.29) is 13.2 Å². The van der Waals surface area contributed by atoms with Crippen LogP contribution < -0.4 is 0 Å². The van der Waals surface area contributed by atoms with Crippen LogP contribution >= 0.6 is 11.8 Å². The van der Waals surface area contributed by atoms with Crippen molar-refractivity contribution >= 4 is 11.8 Å². The van der Waals surface area contributed by atoms with Crippen molar-refractivity contribution in [2.24, 2.45) is 0 Å². The van der Waals surface area contributed by atoms with E-state index in [2.05, 4.69) is 39.8 Å². The van der Waals surface area contributed by atoms with E-state index in [4.69, 9.17) is 0 Å². The van der Waals surface area contributed by atoms with E-state index in [1.54, 1.807) is 11.8 Å². The van der Waals surface area contributed by atoms with Crippen molar-refractivity contribution in [1.29, 1.82) is 0 Å². The topological polar surface area (TPSA) is 40.5 Å². The first-order valence-corrected chi connectivity index (χ1v) is 8.94. The number of rotatable bonds is 6. The SMILES string of the molecule is CC(C)c1c(CO)cccc1Sc1cccc(CO)c1C(C)C. The number of aliphatic hydroxyl groups is 2. The standard InChI is InChI=1S/C20H26O2S/c1-13(2)19-15(11-21)7-5-9-17(19)23-18-10-6-8-16(12-22)20(18)14(3)4/h5-10,13-14,21-22H,11-12H2,1-4H3. The molecule has 124 valence electrons. The zero-order chi connectivity index (χ0) is 17.0. The predicted molar refractivity (Wildman–Crippen MR) is 97.0 cm³/mol. The highest BCUT2D eigenvalue weighted by Gasteiger charge is 2.16. The molecule has 0 aliphatic heterocycles. The molecular weight excluding hydrogens is 304 g/mol. The number of hydrogen-bond donors (Lipinski definition) is 2. The molecule has 0 aromatic heterocycles. The van der Waals surface area contributed by atoms with Gasteiger partial charge in [0.15, 0.2) is 0 Å². The van der Waals surface area contributed by atoms with Gasteiger partial charge >= 0.3 is 0 Å². The monoisotopic (exact) mass is 330 g/mol. The van der Waals surface area contributed by atoms with E-state index >= 15 is 0 Å². The molecule has 2 rings (SSSR count). The van der Waals surface area contributed by atoms with Gasteiger partial charge in [0.25, 0.3) is 0 Å². The quantitative estimate of drug-likeness (QED) is 0.777. The molecule has 0 aliphatic rings. The molecule has 0 heterocycles. The minimum atomic E-state index is 0.0651. The van der Waals surface area contributed by atoms with Crippen molar-refractivity contribution in [1.82, 2.24) is 0 Å². The summed E-state index contributed by atoms with van der Waals surface area (Å²) in [5.74, 6) is 0.703. The van der Waals surface area contributed by atoms with E-state index in [9.17, 15) is 10.2 Å². The van der Waals surface area contributed by atoms with Crippen LogP contribution in [0.1, 0.15) is 61.8 Å². The molecule has 2 aromatic rings. The molecule has 0 radical (unpaired) electrons. The second-order valence-corrected chi connectivity index (χ2v) is 7.47. The Morgan fingerprint density at radius 1 is 0.739 bits per heavy atom. The predicted octanol–water partition coefficient (Wildman–Crippen LogP) is 5.07. The molecule has 0 bridgehead atoms. The van der Waals surface area contributed by atoms with Gasteiger partial charge in [0.05, 0.1) is 13.2 Å². The Morgan fingerprint density at radius 3 is 1.43 bits per heavy atom. The van der Waals surface area contributed by atoms with Gasteiger partial charge in [-0.1, -0.05) is 63.7 Å². The summed E-state index contributed by atoms with van der Waals surface area (Å²) in [5, 5.41) is 19.3. The maximum Gasteiger partial charge on any atom is 0.0685 e. The molecule has 3 heteroatoms. The maximum absolute atomic E-state index is 9.64. The Kier molecular flexibility index (Phi) is 6.28. The Hall–Kier alpha value is -1.29. The van der Waals surface area contributed by atoms with Gasteiger partial charge in [0.2, 0.25) is 0 Å². The normalized spacial score (nSPS) is 11.5. The van der Waals surface area contributed by atoms with Gasteiger partial charge in [-0.2, -0.15) is 0 Å². The molecule has 2 nitrogen and oxygen atoms in total. The number of benzene rings is 2. The summed E-state index contributed by atoms with van der Waals surface area (Å²) in [7, 11) is 0. The van der Waals surface area contributed by atoms with Gasteiger partial charge in [-0.05, 0) is 46.2 Å². The molecule has 0 fully saturated rings. The highest BCUT2D eigenvalue weighted by Crippen LogP contribution is 2.40. The molecule has 2 N–H and O–H groups in total. The van der Waals surface area contributed by atoms with E-state index in [0.29, 0.717) is 11.8 Å². The molecule has 0 unspecified atom stereocenters. The molecule has 0 spiro atoms. The molecule has 0 saturated heterocycles. The molecule has 0 aliphatic carbocycles. The third-order valence-electron chi connectivity index (χ3n) is 4.03. The lowest BCUT2D eigenvalue weighted by Gasteiger charge is -2.20. The fraction of sp³-hybridized carbons (Fsp3) is 0.400. The van der Waals surface area contributed by atoms with Gasteiger partial charge in [0.1, 0.15) is 0 Å². The van der Waals surface area contributed by atoms with Crippen molar-refractivity contribution < 1.29 is 10.2 Å². The highest BCUT2D eigenvalue weighted by molar-refractivity contribution is 7.99. The van der Waals surface area contributed by atoms with Gasteiger partial charge in [-0.15, -0.1) is 0 Å². The van der Waals surface area contributed by atoms with E-state index in [1.165, 1.54) is 20.9 Å². The summed E-state index contributed by atoms with van der Waals surface area (Å²) in [6, 6.07) is 12.2. The molecular formula is C20H26O2S. The zero-order valence-corrected chi connectivity index (χ0v) is 15.2. The van der Waals surface area contributed by atoms with E-state index < -0.39 is 0 Å². The van der Waals surface area contributed by atoms with Gasteiger partial charge < -0.3 is 10.2 Å². The maximum atomic E-state index is 9.64. The van der Waals surface area contributed by atoms with Crippen LogP contribution in [0.2, 0.25) is 0 Å². The van der Waals surface area contributed by atoms with Crippen molar-refractivity contribution in [3.63, 3.8) is 0 Å². The zero-order valence-electron chi connectivity index (χ0n) is 14.3. The van der Waals surface area contributed by atoms with Crippen LogP contribution in [-0.4, -0.2) is 10.2 Å². The first-order chi connectivity index (χ1) is 11.0. The first kappa shape index (κ1) is 18.1. The summed E-state index contributed by atoms with van der Waals surface area (Å²) >= 11 is 1.73. The summed E-state index contributed by atoms with van der Waals surface area (Å²) in [4.78, 5) is 2.37. The smallest absolute Gasteiger partial charge is 0.0685 e. The molecule has 0 saturated carbocycles. The van der Waals surface area contributed by atoms with Crippen molar-refractivity contribution in [3.05, 3.63) is 58.7 Å². The highest BCUT2D eigenvalue weighted by atomic mass is 32.2. The largest absolute Gasteiger partial charge is 0.392 e. The summed E-state index contributed by atoms with van der Waals surface area (Å²) in [5.41, 5.74) is 4.41. The Balaban J connectivity index is 2.52. The Labute approximate surface area is 143 Å². The third-order valence-corrected chi connectivity index (χ3v) is 5.18. The lowest BCUT2D eigenvalue weighted by molar-refractivity contribution is 0.279. The van der Waals surface area contributed by atoms with Crippen LogP contribution in [0, 0.1) is 0 Å². The molecule has 2 aromatic carbocycles. The second kappa shape index (κ2) is 8.00. The molecule has 0 atom stereocenters. The molecule has 23 heavy (non-hydrogen) atoms. The van der Waals surface area contributed by atoms with Crippen molar-refractivity contribution in [2.45, 2.75) is 62.5 Å². The summed E-state index contributed by atoms with van der Waals surface area (Å²) < 4.78 is 0. The third kappa shape index (κ3) is 3.97. The van der Waals surface area contributed by atoms with Crippen LogP contribution in [0.25, 0.3) is 0 Å². The minimum Gasteiger partial charge on any atom is -0.392 e. The number of aliphatic hydroxyl groups excluding tert-OH is 2. The van der Waals surface area contributed by atoms with Crippen LogP contribution in [0.5, 0.6) is 0 Å². The van der Waals surface area contributed by atoms with Crippen LogP contribution in [0.15, 0.2) is 46.2 Å². The van der Waals surface area contributed by atoms with Crippen molar-refractivity contribution in [2.75, 3.05) is 0 Å². The fourth-order valence-corrected chi connectivity index (χ4v) is 4.55. The van der Waals surface area contributed by atoms with Gasteiger partial charge in [-0.3, -0.25) is 0 Å². The van der Waals surface area contributed by atoms with Gasteiger partial charge in [0, 0.05) is 9.79 Å². The van der Waals surface area contributed by atoms with Gasteiger partial charge in [-0.25, -0.2) is 0 Å². The Morgan fingerprint density at radius 2 is 1.13 bits per heavy atom. The van der Waals surface area contributed by atoms with Crippen LogP contribution in [0.3, 0.4) is 0 Å². The van der Waals surface area contributed by atoms with E-state index in [0.717, 1.165) is 11.1 Å². The average molecular weight is 330 g/mol. The van der Waals surface area contributed by atoms with Crippen molar-refractivity contribution in [3.8, 4) is 0 Å².